The van der Waals surface area contributed by atoms with Crippen molar-refractivity contribution in [2.24, 2.45) is 0 Å². The molecule has 0 radical (unpaired) electrons. The van der Waals surface area contributed by atoms with Gasteiger partial charge < -0.3 is 19.1 Å². The van der Waals surface area contributed by atoms with Crippen LogP contribution in [0.5, 0.6) is 11.5 Å². The van der Waals surface area contributed by atoms with Crippen LogP contribution in [-0.2, 0) is 16.0 Å². The van der Waals surface area contributed by atoms with E-state index in [0.29, 0.717) is 31.9 Å². The lowest BCUT2D eigenvalue weighted by Crippen LogP contribution is -2.48. The van der Waals surface area contributed by atoms with Crippen LogP contribution in [0.3, 0.4) is 0 Å². The van der Waals surface area contributed by atoms with Crippen LogP contribution in [0.1, 0.15) is 11.1 Å². The summed E-state index contributed by atoms with van der Waals surface area (Å²) in [6.07, 6.45) is -0.0384. The summed E-state index contributed by atoms with van der Waals surface area (Å²) in [5, 5.41) is 0. The van der Waals surface area contributed by atoms with E-state index in [-0.39, 0.29) is 24.2 Å². The maximum atomic E-state index is 13.8. The number of rotatable bonds is 6. The molecule has 0 spiro atoms. The second-order valence-electron chi connectivity index (χ2n) is 6.60. The third kappa shape index (κ3) is 5.20. The molecule has 1 heterocycles. The Balaban J connectivity index is 1.53. The third-order valence-electron chi connectivity index (χ3n) is 4.52. The zero-order valence-corrected chi connectivity index (χ0v) is 15.6. The molecular formula is C21H24FNO4. The normalized spacial score (nSPS) is 16.9. The lowest BCUT2D eigenvalue weighted by molar-refractivity contribution is -0.139. The van der Waals surface area contributed by atoms with Crippen LogP contribution in [0.2, 0.25) is 0 Å². The van der Waals surface area contributed by atoms with E-state index < -0.39 is 5.82 Å². The van der Waals surface area contributed by atoms with Crippen molar-refractivity contribution in [1.82, 2.24) is 4.90 Å². The van der Waals surface area contributed by atoms with E-state index in [0.717, 1.165) is 5.75 Å². The van der Waals surface area contributed by atoms with Crippen LogP contribution in [0.25, 0.3) is 0 Å². The molecule has 2 aromatic carbocycles. The molecule has 1 fully saturated rings. The molecule has 1 amide bonds. The van der Waals surface area contributed by atoms with Crippen molar-refractivity contribution in [3.8, 4) is 11.5 Å². The number of hydrogen-bond acceptors (Lipinski definition) is 4. The Kier molecular flexibility index (Phi) is 6.29. The summed E-state index contributed by atoms with van der Waals surface area (Å²) in [4.78, 5) is 14.3. The molecule has 1 saturated heterocycles. The van der Waals surface area contributed by atoms with E-state index in [1.165, 1.54) is 24.8 Å². The van der Waals surface area contributed by atoms with Gasteiger partial charge in [0.1, 0.15) is 18.5 Å². The average Bonchev–Trinajstić information content (AvgIpc) is 2.68. The van der Waals surface area contributed by atoms with Crippen LogP contribution in [0, 0.1) is 12.7 Å². The number of morpholine rings is 1. The Hall–Kier alpha value is -2.60. The highest BCUT2D eigenvalue weighted by molar-refractivity contribution is 5.79. The number of ether oxygens (including phenoxy) is 3. The zero-order chi connectivity index (χ0) is 19.2. The molecule has 1 unspecified atom stereocenters. The van der Waals surface area contributed by atoms with Gasteiger partial charge in [0.15, 0.2) is 11.6 Å². The standard InChI is InChI=1S/C21H24FNO4/c1-15-3-6-17(7-4-15)27-14-18-13-23(9-10-26-18)21(24)12-16-5-8-20(25-2)19(22)11-16/h3-8,11,18H,9-10,12-14H2,1-2H3. The maximum absolute atomic E-state index is 13.8. The highest BCUT2D eigenvalue weighted by atomic mass is 19.1. The Morgan fingerprint density at radius 1 is 1.26 bits per heavy atom. The molecule has 5 nitrogen and oxygen atoms in total. The Bertz CT molecular complexity index is 778. The van der Waals surface area contributed by atoms with Crippen molar-refractivity contribution in [3.05, 3.63) is 59.4 Å². The summed E-state index contributed by atoms with van der Waals surface area (Å²) in [6.45, 7) is 3.85. The molecule has 1 aliphatic heterocycles. The van der Waals surface area contributed by atoms with E-state index in [9.17, 15) is 9.18 Å². The molecule has 1 atom stereocenters. The molecular weight excluding hydrogens is 349 g/mol. The fourth-order valence-corrected chi connectivity index (χ4v) is 2.98. The number of halogens is 1. The van der Waals surface area contributed by atoms with Gasteiger partial charge >= 0.3 is 0 Å². The summed E-state index contributed by atoms with van der Waals surface area (Å²) in [5.41, 5.74) is 1.79. The van der Waals surface area contributed by atoms with Gasteiger partial charge in [-0.2, -0.15) is 0 Å². The van der Waals surface area contributed by atoms with Gasteiger partial charge in [0.2, 0.25) is 5.91 Å². The second kappa shape index (κ2) is 8.86. The number of hydrogen-bond donors (Lipinski definition) is 0. The first-order valence-corrected chi connectivity index (χ1v) is 8.96. The smallest absolute Gasteiger partial charge is 0.227 e. The van der Waals surface area contributed by atoms with Gasteiger partial charge in [0.05, 0.1) is 26.7 Å². The first kappa shape index (κ1) is 19.2. The molecule has 6 heteroatoms. The molecule has 0 aromatic heterocycles. The summed E-state index contributed by atoms with van der Waals surface area (Å²) < 4.78 is 30.2. The predicted octanol–water partition coefficient (Wildman–Crippen LogP) is 2.99. The van der Waals surface area contributed by atoms with Crippen LogP contribution >= 0.6 is 0 Å². The lowest BCUT2D eigenvalue weighted by Gasteiger charge is -2.33. The maximum Gasteiger partial charge on any atom is 0.227 e. The fourth-order valence-electron chi connectivity index (χ4n) is 2.98. The van der Waals surface area contributed by atoms with Crippen molar-refractivity contribution in [3.63, 3.8) is 0 Å². The van der Waals surface area contributed by atoms with Crippen molar-refractivity contribution < 1.29 is 23.4 Å². The Labute approximate surface area is 158 Å². The largest absolute Gasteiger partial charge is 0.494 e. The SMILES string of the molecule is COc1ccc(CC(=O)N2CCOC(COc3ccc(C)cc3)C2)cc1F. The van der Waals surface area contributed by atoms with Gasteiger partial charge in [-0.25, -0.2) is 4.39 Å². The average molecular weight is 373 g/mol. The van der Waals surface area contributed by atoms with Crippen molar-refractivity contribution in [2.45, 2.75) is 19.4 Å². The Morgan fingerprint density at radius 2 is 2.04 bits per heavy atom. The van der Waals surface area contributed by atoms with Gasteiger partial charge in [0.25, 0.3) is 0 Å². The highest BCUT2D eigenvalue weighted by Crippen LogP contribution is 2.19. The van der Waals surface area contributed by atoms with E-state index in [1.54, 1.807) is 11.0 Å². The van der Waals surface area contributed by atoms with Crippen LogP contribution in [0.15, 0.2) is 42.5 Å². The monoisotopic (exact) mass is 373 g/mol. The van der Waals surface area contributed by atoms with Gasteiger partial charge in [-0.15, -0.1) is 0 Å². The van der Waals surface area contributed by atoms with E-state index in [2.05, 4.69) is 0 Å². The molecule has 144 valence electrons. The molecule has 3 rings (SSSR count). The molecule has 0 aliphatic carbocycles. The number of nitrogens with zero attached hydrogens (tertiary/aromatic N) is 1. The predicted molar refractivity (Wildman–Crippen MR) is 99.7 cm³/mol. The van der Waals surface area contributed by atoms with E-state index >= 15 is 0 Å². The summed E-state index contributed by atoms with van der Waals surface area (Å²) in [6, 6.07) is 12.4. The first-order chi connectivity index (χ1) is 13.0. The zero-order valence-electron chi connectivity index (χ0n) is 15.6. The van der Waals surface area contributed by atoms with E-state index in [4.69, 9.17) is 14.2 Å². The quantitative estimate of drug-likeness (QED) is 0.781. The van der Waals surface area contributed by atoms with E-state index in [1.807, 2.05) is 31.2 Å². The van der Waals surface area contributed by atoms with Crippen molar-refractivity contribution >= 4 is 5.91 Å². The number of carbonyl (C=O) groups is 1. The van der Waals surface area contributed by atoms with Crippen LogP contribution < -0.4 is 9.47 Å². The molecule has 2 aromatic rings. The molecule has 0 saturated carbocycles. The molecule has 27 heavy (non-hydrogen) atoms. The van der Waals surface area contributed by atoms with Gasteiger partial charge in [-0.3, -0.25) is 4.79 Å². The van der Waals surface area contributed by atoms with Gasteiger partial charge in [-0.1, -0.05) is 23.8 Å². The number of aryl methyl sites for hydroxylation is 1. The molecule has 1 aliphatic rings. The summed E-state index contributed by atoms with van der Waals surface area (Å²) in [5.74, 6) is 0.435. The van der Waals surface area contributed by atoms with Crippen molar-refractivity contribution in [2.75, 3.05) is 33.4 Å². The lowest BCUT2D eigenvalue weighted by atomic mass is 10.1. The summed E-state index contributed by atoms with van der Waals surface area (Å²) >= 11 is 0. The summed E-state index contributed by atoms with van der Waals surface area (Å²) in [7, 11) is 1.41. The number of carbonyl (C=O) groups excluding carboxylic acids is 1. The Morgan fingerprint density at radius 3 is 2.74 bits per heavy atom. The second-order valence-corrected chi connectivity index (χ2v) is 6.60. The van der Waals surface area contributed by atoms with Crippen LogP contribution in [0.4, 0.5) is 4.39 Å². The minimum atomic E-state index is -0.464. The van der Waals surface area contributed by atoms with Gasteiger partial charge in [0, 0.05) is 6.54 Å². The minimum absolute atomic E-state index is 0.0526. The van der Waals surface area contributed by atoms with Crippen molar-refractivity contribution in [1.29, 1.82) is 0 Å². The van der Waals surface area contributed by atoms with Gasteiger partial charge in [-0.05, 0) is 36.8 Å². The third-order valence-corrected chi connectivity index (χ3v) is 4.52. The first-order valence-electron chi connectivity index (χ1n) is 8.96. The topological polar surface area (TPSA) is 48.0 Å². The van der Waals surface area contributed by atoms with Crippen LogP contribution in [-0.4, -0.2) is 50.3 Å². The number of methoxy groups -OCH3 is 1. The number of benzene rings is 2. The molecule has 0 bridgehead atoms. The molecule has 0 N–H and O–H groups in total. The highest BCUT2D eigenvalue weighted by Gasteiger charge is 2.25. The number of amides is 1. The fraction of sp³-hybridized carbons (Fsp3) is 0.381. The minimum Gasteiger partial charge on any atom is -0.494 e.